The van der Waals surface area contributed by atoms with Crippen molar-refractivity contribution in [2.45, 2.75) is 24.9 Å². The van der Waals surface area contributed by atoms with Crippen molar-refractivity contribution in [3.05, 3.63) is 12.4 Å². The first-order valence-electron chi connectivity index (χ1n) is 5.63. The molecule has 0 bridgehead atoms. The summed E-state index contributed by atoms with van der Waals surface area (Å²) in [5, 5.41) is 28.1. The molecule has 0 amide bonds. The summed E-state index contributed by atoms with van der Waals surface area (Å²) in [6.07, 6.45) is -1.72. The van der Waals surface area contributed by atoms with Crippen molar-refractivity contribution in [3.63, 3.8) is 0 Å². The summed E-state index contributed by atoms with van der Waals surface area (Å²) in [6, 6.07) is 0. The third-order valence-corrected chi connectivity index (χ3v) is 3.07. The summed E-state index contributed by atoms with van der Waals surface area (Å²) in [7, 11) is 0. The largest absolute Gasteiger partial charge is 0.492 e. The van der Waals surface area contributed by atoms with Gasteiger partial charge in [0.15, 0.2) is 11.2 Å². The molecular weight excluding hydrogens is 259 g/mol. The lowest BCUT2D eigenvalue weighted by molar-refractivity contribution is -0.0432. The van der Waals surface area contributed by atoms with Crippen LogP contribution < -0.4 is 0 Å². The highest BCUT2D eigenvalue weighted by molar-refractivity contribution is 5.75. The topological polar surface area (TPSA) is 114 Å². The third kappa shape index (κ3) is 1.91. The molecular formula is C10H11FN4O4. The Morgan fingerprint density at radius 1 is 1.47 bits per heavy atom. The normalized spacial score (nSPS) is 27.2. The highest BCUT2D eigenvalue weighted by atomic mass is 19.1. The predicted molar refractivity (Wildman–Crippen MR) is 58.6 cm³/mol. The molecule has 3 heterocycles. The van der Waals surface area contributed by atoms with Gasteiger partial charge in [-0.15, -0.1) is 0 Å². The minimum Gasteiger partial charge on any atom is -0.492 e. The summed E-state index contributed by atoms with van der Waals surface area (Å²) >= 11 is 0. The number of hydrogen-bond donors (Lipinski definition) is 3. The van der Waals surface area contributed by atoms with Crippen molar-refractivity contribution in [3.8, 4) is 5.88 Å². The molecule has 0 saturated carbocycles. The van der Waals surface area contributed by atoms with Gasteiger partial charge in [-0.3, -0.25) is 4.57 Å². The van der Waals surface area contributed by atoms with E-state index in [0.717, 1.165) is 0 Å². The number of nitrogens with zero attached hydrogens (tertiary/aromatic N) is 4. The van der Waals surface area contributed by atoms with Gasteiger partial charge in [-0.1, -0.05) is 0 Å². The zero-order chi connectivity index (χ0) is 13.6. The zero-order valence-electron chi connectivity index (χ0n) is 9.64. The minimum atomic E-state index is -1.08. The molecule has 2 aromatic rings. The minimum absolute atomic E-state index is 0.0481. The molecule has 1 fully saturated rings. The van der Waals surface area contributed by atoms with E-state index < -0.39 is 30.4 Å². The molecule has 1 aliphatic rings. The average molecular weight is 270 g/mol. The van der Waals surface area contributed by atoms with Gasteiger partial charge < -0.3 is 20.1 Å². The van der Waals surface area contributed by atoms with Gasteiger partial charge in [-0.25, -0.2) is 4.98 Å². The maximum Gasteiger partial charge on any atom is 0.314 e. The second kappa shape index (κ2) is 4.37. The molecule has 102 valence electrons. The van der Waals surface area contributed by atoms with Crippen LogP contribution in [0.3, 0.4) is 0 Å². The molecule has 1 aliphatic heterocycles. The van der Waals surface area contributed by atoms with E-state index in [1.54, 1.807) is 0 Å². The van der Waals surface area contributed by atoms with Gasteiger partial charge >= 0.3 is 6.08 Å². The molecule has 0 aliphatic carbocycles. The van der Waals surface area contributed by atoms with Crippen molar-refractivity contribution in [1.29, 1.82) is 0 Å². The van der Waals surface area contributed by atoms with Crippen LogP contribution in [0.4, 0.5) is 4.39 Å². The van der Waals surface area contributed by atoms with E-state index in [9.17, 15) is 14.6 Å². The fourth-order valence-corrected chi connectivity index (χ4v) is 2.14. The van der Waals surface area contributed by atoms with Gasteiger partial charge in [0, 0.05) is 6.42 Å². The van der Waals surface area contributed by atoms with Gasteiger partial charge in [0.2, 0.25) is 5.88 Å². The number of ether oxygens (including phenoxy) is 1. The molecule has 3 rings (SSSR count). The third-order valence-electron chi connectivity index (χ3n) is 3.07. The average Bonchev–Trinajstić information content (AvgIpc) is 2.92. The van der Waals surface area contributed by atoms with Crippen LogP contribution >= 0.6 is 0 Å². The first kappa shape index (κ1) is 12.2. The molecule has 3 atom stereocenters. The van der Waals surface area contributed by atoms with Crippen LogP contribution in [0.15, 0.2) is 6.33 Å². The maximum atomic E-state index is 13.1. The van der Waals surface area contributed by atoms with Crippen LogP contribution in [0.2, 0.25) is 0 Å². The number of aliphatic hydroxyl groups excluding tert-OH is 2. The molecule has 8 nitrogen and oxygen atoms in total. The number of hydrogen-bond acceptors (Lipinski definition) is 7. The number of imidazole rings is 1. The van der Waals surface area contributed by atoms with E-state index in [1.165, 1.54) is 10.9 Å². The second-order valence-corrected chi connectivity index (χ2v) is 4.26. The van der Waals surface area contributed by atoms with E-state index in [1.807, 2.05) is 0 Å². The van der Waals surface area contributed by atoms with Gasteiger partial charge in [-0.05, 0) is 0 Å². The van der Waals surface area contributed by atoms with E-state index in [0.29, 0.717) is 0 Å². The van der Waals surface area contributed by atoms with Gasteiger partial charge in [0.05, 0.1) is 19.0 Å². The van der Waals surface area contributed by atoms with E-state index >= 15 is 0 Å². The summed E-state index contributed by atoms with van der Waals surface area (Å²) in [6.45, 7) is -0.321. The summed E-state index contributed by atoms with van der Waals surface area (Å²) in [4.78, 5) is 10.6. The van der Waals surface area contributed by atoms with Crippen molar-refractivity contribution in [2.75, 3.05) is 6.61 Å². The molecule has 2 aromatic heterocycles. The lowest BCUT2D eigenvalue weighted by atomic mass is 10.2. The Bertz CT molecular complexity index is 619. The van der Waals surface area contributed by atoms with E-state index in [2.05, 4.69) is 15.0 Å². The van der Waals surface area contributed by atoms with Crippen LogP contribution in [-0.2, 0) is 4.74 Å². The SMILES string of the molecule is OC[C@H]1O[C@@H](n2cnc3c(O)nc(F)nc32)C[C@@H]1O. The summed E-state index contributed by atoms with van der Waals surface area (Å²) in [5.41, 5.74) is 0.118. The quantitative estimate of drug-likeness (QED) is 0.619. The molecule has 0 unspecified atom stereocenters. The van der Waals surface area contributed by atoms with Crippen molar-refractivity contribution < 1.29 is 24.4 Å². The fourth-order valence-electron chi connectivity index (χ4n) is 2.14. The van der Waals surface area contributed by atoms with E-state index in [-0.39, 0.29) is 24.2 Å². The Labute approximate surface area is 106 Å². The van der Waals surface area contributed by atoms with Crippen LogP contribution in [0, 0.1) is 6.08 Å². The Balaban J connectivity index is 2.02. The molecule has 1 saturated heterocycles. The highest BCUT2D eigenvalue weighted by Gasteiger charge is 2.35. The summed E-state index contributed by atoms with van der Waals surface area (Å²) < 4.78 is 19.9. The molecule has 3 N–H and O–H groups in total. The Kier molecular flexibility index (Phi) is 2.81. The Morgan fingerprint density at radius 3 is 2.95 bits per heavy atom. The fraction of sp³-hybridized carbons (Fsp3) is 0.500. The first-order valence-corrected chi connectivity index (χ1v) is 5.63. The second-order valence-electron chi connectivity index (χ2n) is 4.26. The standard InChI is InChI=1S/C10H11FN4O4/c11-10-13-8-7(9(18)14-10)12-3-15(8)6-1-4(17)5(2-16)19-6/h3-6,16-17H,1-2H2,(H,13,14,18)/t4-,5+,6+/m0/s1. The van der Waals surface area contributed by atoms with Crippen molar-refractivity contribution in [2.24, 2.45) is 0 Å². The van der Waals surface area contributed by atoms with Crippen LogP contribution in [0.5, 0.6) is 5.88 Å². The van der Waals surface area contributed by atoms with Crippen LogP contribution in [0.1, 0.15) is 12.6 Å². The number of aliphatic hydroxyl groups is 2. The van der Waals surface area contributed by atoms with Gasteiger partial charge in [0.25, 0.3) is 0 Å². The lowest BCUT2D eigenvalue weighted by Crippen LogP contribution is -2.24. The highest BCUT2D eigenvalue weighted by Crippen LogP contribution is 2.31. The Morgan fingerprint density at radius 2 is 2.26 bits per heavy atom. The number of aromatic nitrogens is 4. The van der Waals surface area contributed by atoms with Crippen LogP contribution in [-0.4, -0.2) is 53.7 Å². The number of aromatic hydroxyl groups is 1. The first-order chi connectivity index (χ1) is 9.10. The molecule has 19 heavy (non-hydrogen) atoms. The molecule has 0 spiro atoms. The smallest absolute Gasteiger partial charge is 0.314 e. The number of rotatable bonds is 2. The van der Waals surface area contributed by atoms with Crippen LogP contribution in [0.25, 0.3) is 11.2 Å². The monoisotopic (exact) mass is 270 g/mol. The van der Waals surface area contributed by atoms with Gasteiger partial charge in [0.1, 0.15) is 12.3 Å². The van der Waals surface area contributed by atoms with Gasteiger partial charge in [-0.2, -0.15) is 14.4 Å². The maximum absolute atomic E-state index is 13.1. The predicted octanol–water partition coefficient (Wildman–Crippen LogP) is -0.688. The number of halogens is 1. The van der Waals surface area contributed by atoms with Crippen molar-refractivity contribution in [1.82, 2.24) is 19.5 Å². The van der Waals surface area contributed by atoms with E-state index in [4.69, 9.17) is 9.84 Å². The summed E-state index contributed by atoms with van der Waals surface area (Å²) in [5.74, 6) is -0.557. The number of fused-ring (bicyclic) bond motifs is 1. The molecule has 0 aromatic carbocycles. The van der Waals surface area contributed by atoms with Crippen molar-refractivity contribution >= 4 is 11.2 Å². The lowest BCUT2D eigenvalue weighted by Gasteiger charge is -2.13. The molecule has 9 heteroatoms. The zero-order valence-corrected chi connectivity index (χ0v) is 9.64. The Hall–Kier alpha value is -1.84. The molecule has 0 radical (unpaired) electrons.